The second-order valence-electron chi connectivity index (χ2n) is 4.19. The number of Topliss-reactive ketones (excluding diaryl/α,β-unsaturated/α-hetero) is 1. The zero-order chi connectivity index (χ0) is 13.0. The molecule has 0 fully saturated rings. The highest BCUT2D eigenvalue weighted by molar-refractivity contribution is 6.31. The number of ether oxygens (including phenoxy) is 1. The number of carbonyl (C=O) groups excluding carboxylic acids is 1. The number of methoxy groups -OCH3 is 1. The molecule has 0 spiro atoms. The summed E-state index contributed by atoms with van der Waals surface area (Å²) >= 11 is 6.03. The lowest BCUT2D eigenvalue weighted by Gasteiger charge is -2.16. The Labute approximate surface area is 107 Å². The second kappa shape index (κ2) is 6.03. The summed E-state index contributed by atoms with van der Waals surface area (Å²) in [5, 5.41) is 0.551. The normalized spacial score (nSPS) is 10.7. The third-order valence-corrected chi connectivity index (χ3v) is 2.80. The molecule has 2 N–H and O–H groups in total. The Balaban J connectivity index is 3.32. The molecule has 0 aliphatic heterocycles. The number of halogens is 1. The van der Waals surface area contributed by atoms with Crippen LogP contribution < -0.4 is 10.5 Å². The van der Waals surface area contributed by atoms with Crippen molar-refractivity contribution in [1.82, 2.24) is 0 Å². The van der Waals surface area contributed by atoms with Crippen LogP contribution in [0.2, 0.25) is 5.02 Å². The minimum atomic E-state index is -0.0336. The van der Waals surface area contributed by atoms with Gasteiger partial charge in [-0.3, -0.25) is 4.79 Å². The zero-order valence-corrected chi connectivity index (χ0v) is 11.2. The van der Waals surface area contributed by atoms with E-state index < -0.39 is 0 Å². The molecule has 0 heterocycles. The van der Waals surface area contributed by atoms with Gasteiger partial charge in [-0.15, -0.1) is 0 Å². The van der Waals surface area contributed by atoms with Crippen molar-refractivity contribution in [3.05, 3.63) is 28.3 Å². The summed E-state index contributed by atoms with van der Waals surface area (Å²) < 4.78 is 5.34. The Hall–Kier alpha value is -1.06. The molecule has 94 valence electrons. The third kappa shape index (κ3) is 3.20. The molecule has 3 nitrogen and oxygen atoms in total. The lowest BCUT2D eigenvalue weighted by Crippen LogP contribution is -2.10. The first-order valence-corrected chi connectivity index (χ1v) is 5.99. The van der Waals surface area contributed by atoms with Gasteiger partial charge in [-0.25, -0.2) is 0 Å². The fourth-order valence-electron chi connectivity index (χ4n) is 1.74. The van der Waals surface area contributed by atoms with Gasteiger partial charge in [0.2, 0.25) is 0 Å². The van der Waals surface area contributed by atoms with Crippen molar-refractivity contribution in [2.75, 3.05) is 13.7 Å². The molecule has 4 heteroatoms. The molecule has 0 aliphatic rings. The van der Waals surface area contributed by atoms with Gasteiger partial charge in [0, 0.05) is 11.4 Å². The zero-order valence-electron chi connectivity index (χ0n) is 10.4. The van der Waals surface area contributed by atoms with E-state index in [1.165, 1.54) is 0 Å². The Bertz CT molecular complexity index is 416. The van der Waals surface area contributed by atoms with Crippen LogP contribution in [0.5, 0.6) is 5.75 Å². The molecule has 1 rings (SSSR count). The van der Waals surface area contributed by atoms with Crippen LogP contribution in [0, 0.1) is 0 Å². The number of rotatable bonds is 5. The summed E-state index contributed by atoms with van der Waals surface area (Å²) in [5.74, 6) is 0.824. The van der Waals surface area contributed by atoms with Crippen molar-refractivity contribution in [1.29, 1.82) is 0 Å². The van der Waals surface area contributed by atoms with E-state index in [1.54, 1.807) is 13.2 Å². The Kier molecular flexibility index (Phi) is 4.97. The van der Waals surface area contributed by atoms with E-state index in [0.717, 1.165) is 5.56 Å². The second-order valence-corrected chi connectivity index (χ2v) is 4.63. The van der Waals surface area contributed by atoms with Crippen molar-refractivity contribution < 1.29 is 9.53 Å². The number of hydrogen-bond donors (Lipinski definition) is 1. The molecule has 0 aromatic heterocycles. The monoisotopic (exact) mass is 255 g/mol. The average molecular weight is 256 g/mol. The highest BCUT2D eigenvalue weighted by Gasteiger charge is 2.18. The van der Waals surface area contributed by atoms with Crippen LogP contribution in [0.25, 0.3) is 0 Å². The molecular formula is C13H18ClNO2. The largest absolute Gasteiger partial charge is 0.496 e. The highest BCUT2D eigenvalue weighted by Crippen LogP contribution is 2.33. The molecule has 0 radical (unpaired) electrons. The van der Waals surface area contributed by atoms with Crippen molar-refractivity contribution in [2.45, 2.75) is 26.2 Å². The Morgan fingerprint density at radius 1 is 1.47 bits per heavy atom. The lowest BCUT2D eigenvalue weighted by molar-refractivity contribution is 0.0982. The smallest absolute Gasteiger partial charge is 0.167 e. The van der Waals surface area contributed by atoms with Gasteiger partial charge in [-0.2, -0.15) is 0 Å². The van der Waals surface area contributed by atoms with Crippen LogP contribution in [0.15, 0.2) is 12.1 Å². The third-order valence-electron chi connectivity index (χ3n) is 2.58. The van der Waals surface area contributed by atoms with Crippen molar-refractivity contribution in [2.24, 2.45) is 5.73 Å². The summed E-state index contributed by atoms with van der Waals surface area (Å²) in [6.45, 7) is 4.39. The predicted octanol–water partition coefficient (Wildman–Crippen LogP) is 3.00. The first kappa shape index (κ1) is 14.0. The van der Waals surface area contributed by atoms with Crippen LogP contribution in [0.1, 0.15) is 42.1 Å². The number of carbonyl (C=O) groups is 1. The van der Waals surface area contributed by atoms with Crippen molar-refractivity contribution >= 4 is 17.4 Å². The standard InChI is InChI=1S/C13H18ClNO2/c1-8(2)10-6-9(14)7-11(13(10)17-3)12(16)4-5-15/h6-8H,4-5,15H2,1-3H3. The topological polar surface area (TPSA) is 52.3 Å². The maximum Gasteiger partial charge on any atom is 0.167 e. The first-order valence-electron chi connectivity index (χ1n) is 5.62. The highest BCUT2D eigenvalue weighted by atomic mass is 35.5. The molecule has 0 atom stereocenters. The molecule has 1 aromatic rings. The SMILES string of the molecule is COc1c(C(=O)CCN)cc(Cl)cc1C(C)C. The molecule has 0 saturated heterocycles. The lowest BCUT2D eigenvalue weighted by atomic mass is 9.96. The minimum Gasteiger partial charge on any atom is -0.496 e. The average Bonchev–Trinajstić information content (AvgIpc) is 2.28. The van der Waals surface area contributed by atoms with E-state index in [-0.39, 0.29) is 11.7 Å². The molecule has 0 amide bonds. The van der Waals surface area contributed by atoms with Gasteiger partial charge in [0.25, 0.3) is 0 Å². The van der Waals surface area contributed by atoms with Gasteiger partial charge in [-0.1, -0.05) is 25.4 Å². The van der Waals surface area contributed by atoms with Gasteiger partial charge in [0.05, 0.1) is 12.7 Å². The van der Waals surface area contributed by atoms with Gasteiger partial charge >= 0.3 is 0 Å². The molecule has 0 aliphatic carbocycles. The van der Waals surface area contributed by atoms with E-state index in [9.17, 15) is 4.79 Å². The summed E-state index contributed by atoms with van der Waals surface area (Å²) in [7, 11) is 1.56. The molecule has 0 bridgehead atoms. The van der Waals surface area contributed by atoms with Crippen LogP contribution in [-0.4, -0.2) is 19.4 Å². The summed E-state index contributed by atoms with van der Waals surface area (Å²) in [6, 6.07) is 3.48. The Morgan fingerprint density at radius 3 is 2.59 bits per heavy atom. The van der Waals surface area contributed by atoms with Crippen LogP contribution in [-0.2, 0) is 0 Å². The molecule has 0 unspecified atom stereocenters. The van der Waals surface area contributed by atoms with E-state index in [1.807, 2.05) is 19.9 Å². The van der Waals surface area contributed by atoms with E-state index in [2.05, 4.69) is 0 Å². The molecule has 0 saturated carbocycles. The van der Waals surface area contributed by atoms with E-state index >= 15 is 0 Å². The number of benzene rings is 1. The summed E-state index contributed by atoms with van der Waals surface area (Å²) in [6.07, 6.45) is 0.300. The fourth-order valence-corrected chi connectivity index (χ4v) is 1.97. The minimum absolute atomic E-state index is 0.0336. The summed E-state index contributed by atoms with van der Waals surface area (Å²) in [5.41, 5.74) is 6.87. The number of ketones is 1. The molecular weight excluding hydrogens is 238 g/mol. The molecule has 17 heavy (non-hydrogen) atoms. The van der Waals surface area contributed by atoms with Crippen LogP contribution in [0.4, 0.5) is 0 Å². The number of hydrogen-bond acceptors (Lipinski definition) is 3. The van der Waals surface area contributed by atoms with Crippen LogP contribution in [0.3, 0.4) is 0 Å². The molecule has 1 aromatic carbocycles. The van der Waals surface area contributed by atoms with Crippen LogP contribution >= 0.6 is 11.6 Å². The van der Waals surface area contributed by atoms with E-state index in [0.29, 0.717) is 29.3 Å². The number of nitrogens with two attached hydrogens (primary N) is 1. The van der Waals surface area contributed by atoms with Gasteiger partial charge in [-0.05, 0) is 30.2 Å². The van der Waals surface area contributed by atoms with Gasteiger partial charge in [0.1, 0.15) is 5.75 Å². The predicted molar refractivity (Wildman–Crippen MR) is 70.1 cm³/mol. The van der Waals surface area contributed by atoms with Gasteiger partial charge < -0.3 is 10.5 Å². The fraction of sp³-hybridized carbons (Fsp3) is 0.462. The van der Waals surface area contributed by atoms with Gasteiger partial charge in [0.15, 0.2) is 5.78 Å². The quantitative estimate of drug-likeness (QED) is 0.823. The Morgan fingerprint density at radius 2 is 2.12 bits per heavy atom. The maximum absolute atomic E-state index is 11.9. The van der Waals surface area contributed by atoms with Crippen molar-refractivity contribution in [3.63, 3.8) is 0 Å². The summed E-state index contributed by atoms with van der Waals surface area (Å²) in [4.78, 5) is 11.9. The van der Waals surface area contributed by atoms with E-state index in [4.69, 9.17) is 22.1 Å². The van der Waals surface area contributed by atoms with Crippen molar-refractivity contribution in [3.8, 4) is 5.75 Å². The maximum atomic E-state index is 11.9. The first-order chi connectivity index (χ1) is 8.01.